The fourth-order valence-corrected chi connectivity index (χ4v) is 5.31. The van der Waals surface area contributed by atoms with Crippen molar-refractivity contribution in [2.75, 3.05) is 7.11 Å². The molecule has 0 radical (unpaired) electrons. The van der Waals surface area contributed by atoms with E-state index in [1.807, 2.05) is 26.8 Å². The Morgan fingerprint density at radius 1 is 1.14 bits per heavy atom. The number of carbonyl (C=O) groups is 1. The van der Waals surface area contributed by atoms with Crippen molar-refractivity contribution in [2.24, 2.45) is 7.05 Å². The molecule has 0 atom stereocenters. The summed E-state index contributed by atoms with van der Waals surface area (Å²) in [5.41, 5.74) is 3.74. The Hall–Kier alpha value is -3.63. The molecule has 4 heterocycles. The zero-order valence-electron chi connectivity index (χ0n) is 21.5. The summed E-state index contributed by atoms with van der Waals surface area (Å²) < 4.78 is 50.9. The fraction of sp³-hybridized carbons (Fsp3) is 0.462. The molecule has 0 saturated heterocycles. The van der Waals surface area contributed by atoms with E-state index in [-0.39, 0.29) is 37.0 Å². The van der Waals surface area contributed by atoms with E-state index >= 15 is 0 Å². The van der Waals surface area contributed by atoms with Gasteiger partial charge in [0.1, 0.15) is 0 Å². The van der Waals surface area contributed by atoms with Crippen LogP contribution in [0.4, 0.5) is 13.2 Å². The molecule has 0 saturated carbocycles. The van der Waals surface area contributed by atoms with Crippen molar-refractivity contribution in [3.05, 3.63) is 52.2 Å². The molecule has 3 aromatic heterocycles. The molecule has 8 nitrogen and oxygen atoms in total. The van der Waals surface area contributed by atoms with E-state index in [2.05, 4.69) is 15.2 Å². The zero-order chi connectivity index (χ0) is 26.6. The minimum Gasteiger partial charge on any atom is -0.481 e. The van der Waals surface area contributed by atoms with Crippen LogP contribution < -0.4 is 4.74 Å². The van der Waals surface area contributed by atoms with E-state index in [1.54, 1.807) is 29.9 Å². The Kier molecular flexibility index (Phi) is 6.12. The van der Waals surface area contributed by atoms with Gasteiger partial charge in [-0.15, -0.1) is 0 Å². The smallest absolute Gasteiger partial charge is 0.435 e. The molecule has 37 heavy (non-hydrogen) atoms. The summed E-state index contributed by atoms with van der Waals surface area (Å²) in [5, 5.41) is 8.57. The molecule has 11 heteroatoms. The van der Waals surface area contributed by atoms with Crippen LogP contribution in [0.2, 0.25) is 0 Å². The summed E-state index contributed by atoms with van der Waals surface area (Å²) in [6.45, 7) is 6.15. The first kappa shape index (κ1) is 25.0. The molecule has 0 spiro atoms. The molecule has 1 aliphatic carbocycles. The number of methoxy groups -OCH3 is 1. The highest BCUT2D eigenvalue weighted by atomic mass is 19.4. The van der Waals surface area contributed by atoms with Crippen LogP contribution in [-0.2, 0) is 37.5 Å². The van der Waals surface area contributed by atoms with Gasteiger partial charge in [0, 0.05) is 61.6 Å². The third-order valence-corrected chi connectivity index (χ3v) is 6.99. The zero-order valence-corrected chi connectivity index (χ0v) is 21.5. The molecule has 2 aliphatic rings. The van der Waals surface area contributed by atoms with E-state index in [0.717, 1.165) is 5.57 Å². The maximum absolute atomic E-state index is 14.1. The van der Waals surface area contributed by atoms with Gasteiger partial charge in [0.2, 0.25) is 11.8 Å². The number of amides is 1. The molecule has 0 aromatic carbocycles. The molecule has 0 fully saturated rings. The van der Waals surface area contributed by atoms with Crippen LogP contribution in [-0.4, -0.2) is 48.5 Å². The van der Waals surface area contributed by atoms with Crippen molar-refractivity contribution in [1.82, 2.24) is 29.4 Å². The molecule has 5 rings (SSSR count). The second kappa shape index (κ2) is 9.04. The highest BCUT2D eigenvalue weighted by Crippen LogP contribution is 2.44. The van der Waals surface area contributed by atoms with Gasteiger partial charge in [0.25, 0.3) is 0 Å². The Balaban J connectivity index is 1.77. The first-order valence-corrected chi connectivity index (χ1v) is 12.2. The number of carbonyl (C=O) groups excluding carboxylic acids is 1. The van der Waals surface area contributed by atoms with E-state index in [1.165, 1.54) is 10.9 Å². The van der Waals surface area contributed by atoms with Crippen LogP contribution in [0.5, 0.6) is 5.88 Å². The van der Waals surface area contributed by atoms with Gasteiger partial charge in [-0.05, 0) is 38.8 Å². The molecular weight excluding hydrogens is 485 g/mol. The standard InChI is InChI=1S/C26H29F3N6O2/c1-14(2)35-13-20-23(25(37-5)33(4)31-20)16-10-17-19(30-11-16)9-15(3)22(17)18-12-34(8-6-7-21(35)36)32-24(18)26(27,28)29/h10-12,14H,6-9,13H2,1-5H3. The number of fused-ring (bicyclic) bond motifs is 6. The molecule has 3 aromatic rings. The number of pyridine rings is 1. The van der Waals surface area contributed by atoms with Gasteiger partial charge in [-0.2, -0.15) is 23.4 Å². The third-order valence-electron chi connectivity index (χ3n) is 6.99. The highest BCUT2D eigenvalue weighted by molar-refractivity contribution is 5.89. The number of aromatic nitrogens is 5. The Morgan fingerprint density at radius 3 is 2.57 bits per heavy atom. The second-order valence-corrected chi connectivity index (χ2v) is 9.88. The number of ether oxygens (including phenoxy) is 1. The Morgan fingerprint density at radius 2 is 1.89 bits per heavy atom. The van der Waals surface area contributed by atoms with Crippen molar-refractivity contribution < 1.29 is 22.7 Å². The van der Waals surface area contributed by atoms with Crippen molar-refractivity contribution in [3.63, 3.8) is 0 Å². The number of rotatable bonds is 2. The summed E-state index contributed by atoms with van der Waals surface area (Å²) in [4.78, 5) is 19.6. The predicted molar refractivity (Wildman–Crippen MR) is 131 cm³/mol. The molecule has 1 amide bonds. The van der Waals surface area contributed by atoms with Crippen molar-refractivity contribution in [2.45, 2.75) is 65.3 Å². The topological polar surface area (TPSA) is 78.1 Å². The van der Waals surface area contributed by atoms with Gasteiger partial charge in [-0.1, -0.05) is 5.57 Å². The average Bonchev–Trinajstić information content (AvgIpc) is 3.47. The highest BCUT2D eigenvalue weighted by Gasteiger charge is 2.40. The quantitative estimate of drug-likeness (QED) is 0.499. The minimum absolute atomic E-state index is 0.0334. The lowest BCUT2D eigenvalue weighted by molar-refractivity contribution is -0.141. The van der Waals surface area contributed by atoms with Crippen molar-refractivity contribution in [1.29, 1.82) is 0 Å². The van der Waals surface area contributed by atoms with Crippen LogP contribution in [0.3, 0.4) is 0 Å². The van der Waals surface area contributed by atoms with Crippen LogP contribution in [0.1, 0.15) is 61.8 Å². The lowest BCUT2D eigenvalue weighted by atomic mass is 9.96. The predicted octanol–water partition coefficient (Wildman–Crippen LogP) is 4.61. The van der Waals surface area contributed by atoms with E-state index in [0.29, 0.717) is 52.4 Å². The summed E-state index contributed by atoms with van der Waals surface area (Å²) in [6, 6.07) is 1.75. The maximum Gasteiger partial charge on any atom is 0.435 e. The number of aryl methyl sites for hydroxylation is 2. The lowest BCUT2D eigenvalue weighted by Crippen LogP contribution is -2.36. The fourth-order valence-electron chi connectivity index (χ4n) is 5.31. The summed E-state index contributed by atoms with van der Waals surface area (Å²) >= 11 is 0. The number of alkyl halides is 3. The van der Waals surface area contributed by atoms with Crippen molar-refractivity contribution >= 4 is 11.5 Å². The SMILES string of the molecule is COc1c2c(nn1C)CN(C(C)C)C(=O)CCCn1cc(c(C(F)(F)F)n1)C1=C(C)Cc3ncc-2cc31. The van der Waals surface area contributed by atoms with E-state index in [9.17, 15) is 18.0 Å². The summed E-state index contributed by atoms with van der Waals surface area (Å²) in [5.74, 6) is 0.386. The normalized spacial score (nSPS) is 16.2. The third kappa shape index (κ3) is 4.30. The van der Waals surface area contributed by atoms with Crippen LogP contribution >= 0.6 is 0 Å². The second-order valence-electron chi connectivity index (χ2n) is 9.88. The van der Waals surface area contributed by atoms with Crippen molar-refractivity contribution in [3.8, 4) is 17.0 Å². The van der Waals surface area contributed by atoms with Gasteiger partial charge < -0.3 is 9.64 Å². The molecule has 4 bridgehead atoms. The minimum atomic E-state index is -4.63. The lowest BCUT2D eigenvalue weighted by Gasteiger charge is -2.26. The van der Waals surface area contributed by atoms with Crippen LogP contribution in [0, 0.1) is 0 Å². The number of allylic oxidation sites excluding steroid dienone is 1. The van der Waals surface area contributed by atoms with Gasteiger partial charge in [-0.3, -0.25) is 14.5 Å². The number of halogens is 3. The van der Waals surface area contributed by atoms with Crippen LogP contribution in [0.25, 0.3) is 16.7 Å². The molecule has 0 unspecified atom stereocenters. The number of hydrogen-bond acceptors (Lipinski definition) is 5. The average molecular weight is 515 g/mol. The Bertz CT molecular complexity index is 1420. The van der Waals surface area contributed by atoms with E-state index < -0.39 is 11.9 Å². The molecular formula is C26H29F3N6O2. The Labute approximate surface area is 212 Å². The van der Waals surface area contributed by atoms with Gasteiger partial charge in [0.05, 0.1) is 30.6 Å². The molecule has 196 valence electrons. The largest absolute Gasteiger partial charge is 0.481 e. The summed E-state index contributed by atoms with van der Waals surface area (Å²) in [7, 11) is 3.30. The van der Waals surface area contributed by atoms with Crippen LogP contribution in [0.15, 0.2) is 24.0 Å². The molecule has 1 aliphatic heterocycles. The number of hydrogen-bond donors (Lipinski definition) is 0. The molecule has 0 N–H and O–H groups in total. The first-order chi connectivity index (χ1) is 17.5. The monoisotopic (exact) mass is 514 g/mol. The number of nitrogens with zero attached hydrogens (tertiary/aromatic N) is 6. The summed E-state index contributed by atoms with van der Waals surface area (Å²) in [6.07, 6.45) is -0.487. The van der Waals surface area contributed by atoms with E-state index in [4.69, 9.17) is 4.74 Å². The van der Waals surface area contributed by atoms with Gasteiger partial charge in [-0.25, -0.2) is 4.68 Å². The van der Waals surface area contributed by atoms with Gasteiger partial charge in [0.15, 0.2) is 5.69 Å². The first-order valence-electron chi connectivity index (χ1n) is 12.2. The maximum atomic E-state index is 14.1. The van der Waals surface area contributed by atoms with Gasteiger partial charge >= 0.3 is 6.18 Å².